The van der Waals surface area contributed by atoms with E-state index >= 15 is 0 Å². The molecule has 6 nitrogen and oxygen atoms in total. The van der Waals surface area contributed by atoms with Crippen molar-refractivity contribution in [1.82, 2.24) is 9.80 Å². The van der Waals surface area contributed by atoms with Crippen molar-refractivity contribution in [3.63, 3.8) is 0 Å². The summed E-state index contributed by atoms with van der Waals surface area (Å²) in [6.07, 6.45) is 0.245. The zero-order valence-corrected chi connectivity index (χ0v) is 13.0. The van der Waals surface area contributed by atoms with Crippen LogP contribution in [0.1, 0.15) is 30.0 Å². The van der Waals surface area contributed by atoms with Crippen LogP contribution in [0.25, 0.3) is 0 Å². The Bertz CT molecular complexity index is 682. The van der Waals surface area contributed by atoms with Gasteiger partial charge in [0.2, 0.25) is 5.91 Å². The average molecular weight is 343 g/mol. The van der Waals surface area contributed by atoms with E-state index in [0.717, 1.165) is 11.0 Å². The summed E-state index contributed by atoms with van der Waals surface area (Å²) in [4.78, 5) is 26.1. The summed E-state index contributed by atoms with van der Waals surface area (Å²) in [5.74, 6) is -1.55. The third kappa shape index (κ3) is 2.69. The molecule has 3 rings (SSSR count). The lowest BCUT2D eigenvalue weighted by atomic mass is 9.91. The Balaban J connectivity index is 2.06. The van der Waals surface area contributed by atoms with Crippen LogP contribution in [0.4, 0.5) is 9.18 Å². The van der Waals surface area contributed by atoms with Gasteiger partial charge in [0.1, 0.15) is 0 Å². The minimum atomic E-state index is -1.17. The lowest BCUT2D eigenvalue weighted by Crippen LogP contribution is -2.45. The smallest absolute Gasteiger partial charge is 0.407 e. The van der Waals surface area contributed by atoms with Crippen LogP contribution in [0.2, 0.25) is 5.02 Å². The Labute approximate surface area is 137 Å². The molecule has 0 bridgehead atoms. The third-order valence-corrected chi connectivity index (χ3v) is 4.81. The highest BCUT2D eigenvalue weighted by Gasteiger charge is 2.38. The third-order valence-electron chi connectivity index (χ3n) is 4.47. The van der Waals surface area contributed by atoms with Crippen molar-refractivity contribution in [2.75, 3.05) is 19.6 Å². The number of carboxylic acid groups (broad SMARTS) is 1. The number of hydrogen-bond donors (Lipinski definition) is 2. The molecule has 124 valence electrons. The van der Waals surface area contributed by atoms with Gasteiger partial charge in [-0.25, -0.2) is 9.18 Å². The lowest BCUT2D eigenvalue weighted by Gasteiger charge is -2.38. The van der Waals surface area contributed by atoms with Crippen LogP contribution >= 0.6 is 11.6 Å². The zero-order valence-electron chi connectivity index (χ0n) is 12.3. The summed E-state index contributed by atoms with van der Waals surface area (Å²) < 4.78 is 13.9. The first-order valence-electron chi connectivity index (χ1n) is 7.37. The fourth-order valence-corrected chi connectivity index (χ4v) is 3.64. The van der Waals surface area contributed by atoms with Gasteiger partial charge in [-0.15, -0.1) is 0 Å². The number of likely N-dealkylation sites (tertiary alicyclic amines) is 1. The first-order valence-corrected chi connectivity index (χ1v) is 7.75. The van der Waals surface area contributed by atoms with Gasteiger partial charge in [0, 0.05) is 36.6 Å². The van der Waals surface area contributed by atoms with E-state index in [0.29, 0.717) is 31.4 Å². The highest BCUT2D eigenvalue weighted by Crippen LogP contribution is 2.41. The van der Waals surface area contributed by atoms with Gasteiger partial charge in [-0.1, -0.05) is 11.6 Å². The number of aromatic hydroxyl groups is 1. The first-order chi connectivity index (χ1) is 10.9. The van der Waals surface area contributed by atoms with E-state index in [2.05, 4.69) is 0 Å². The summed E-state index contributed by atoms with van der Waals surface area (Å²) in [6, 6.07) is 0.205. The molecule has 2 N–H and O–H groups in total. The van der Waals surface area contributed by atoms with Crippen LogP contribution in [0.3, 0.4) is 0 Å². The van der Waals surface area contributed by atoms with E-state index < -0.39 is 23.7 Å². The molecule has 0 spiro atoms. The molecule has 23 heavy (non-hydrogen) atoms. The predicted octanol–water partition coefficient (Wildman–Crippen LogP) is 2.38. The van der Waals surface area contributed by atoms with E-state index in [1.165, 1.54) is 0 Å². The van der Waals surface area contributed by atoms with Crippen molar-refractivity contribution in [3.05, 3.63) is 28.0 Å². The number of benzene rings is 1. The van der Waals surface area contributed by atoms with Crippen molar-refractivity contribution in [2.24, 2.45) is 0 Å². The molecule has 1 fully saturated rings. The molecule has 0 aromatic heterocycles. The molecule has 1 atom stereocenters. The van der Waals surface area contributed by atoms with Gasteiger partial charge in [0.15, 0.2) is 11.6 Å². The maximum atomic E-state index is 13.9. The molecule has 2 aliphatic rings. The molecule has 2 aliphatic heterocycles. The standard InChI is InChI=1S/C15H16ClFN2O4/c16-9-6-10(17)14(21)13-8(9)3-5-19(15(22)23)11(13)7-18-4-1-2-12(18)20/h6,11,21H,1-5,7H2,(H,22,23)/t11-/m1/s1. The summed E-state index contributed by atoms with van der Waals surface area (Å²) in [5.41, 5.74) is 0.711. The monoisotopic (exact) mass is 342 g/mol. The van der Waals surface area contributed by atoms with E-state index in [1.807, 2.05) is 0 Å². The molecular formula is C15H16ClFN2O4. The van der Waals surface area contributed by atoms with Gasteiger partial charge in [0.05, 0.1) is 6.04 Å². The fourth-order valence-electron chi connectivity index (χ4n) is 3.35. The average Bonchev–Trinajstić information content (AvgIpc) is 2.89. The number of fused-ring (bicyclic) bond motifs is 1. The quantitative estimate of drug-likeness (QED) is 0.864. The molecule has 0 saturated carbocycles. The second-order valence-corrected chi connectivity index (χ2v) is 6.17. The molecule has 8 heteroatoms. The van der Waals surface area contributed by atoms with Crippen LogP contribution in [0.15, 0.2) is 6.07 Å². The Kier molecular flexibility index (Phi) is 4.06. The molecule has 1 aromatic carbocycles. The van der Waals surface area contributed by atoms with Crippen LogP contribution in [0.5, 0.6) is 5.75 Å². The molecule has 2 heterocycles. The van der Waals surface area contributed by atoms with E-state index in [1.54, 1.807) is 4.90 Å². The van der Waals surface area contributed by atoms with Crippen molar-refractivity contribution >= 4 is 23.6 Å². The number of rotatable bonds is 2. The summed E-state index contributed by atoms with van der Waals surface area (Å²) >= 11 is 6.06. The molecule has 1 saturated heterocycles. The molecule has 0 unspecified atom stereocenters. The maximum Gasteiger partial charge on any atom is 0.407 e. The minimum Gasteiger partial charge on any atom is -0.505 e. The number of phenols is 1. The van der Waals surface area contributed by atoms with Gasteiger partial charge in [-0.05, 0) is 24.5 Å². The lowest BCUT2D eigenvalue weighted by molar-refractivity contribution is -0.128. The molecule has 0 radical (unpaired) electrons. The van der Waals surface area contributed by atoms with Gasteiger partial charge in [0.25, 0.3) is 0 Å². The number of halogens is 2. The van der Waals surface area contributed by atoms with Crippen molar-refractivity contribution in [3.8, 4) is 5.75 Å². The van der Waals surface area contributed by atoms with Crippen molar-refractivity contribution in [1.29, 1.82) is 0 Å². The number of hydrogen-bond acceptors (Lipinski definition) is 3. The Morgan fingerprint density at radius 2 is 2.13 bits per heavy atom. The number of carbonyl (C=O) groups is 2. The normalized spacial score (nSPS) is 20.8. The highest BCUT2D eigenvalue weighted by molar-refractivity contribution is 6.31. The van der Waals surface area contributed by atoms with Gasteiger partial charge in [-0.2, -0.15) is 0 Å². The number of amides is 2. The zero-order chi connectivity index (χ0) is 16.7. The van der Waals surface area contributed by atoms with Crippen LogP contribution < -0.4 is 0 Å². The molecule has 2 amide bonds. The summed E-state index contributed by atoms with van der Waals surface area (Å²) in [6.45, 7) is 0.799. The SMILES string of the molecule is O=C1CCCN1C[C@@H]1c2c(O)c(F)cc(Cl)c2CCN1C(=O)O. The number of carbonyl (C=O) groups excluding carboxylic acids is 1. The second kappa shape index (κ2) is 5.88. The first kappa shape index (κ1) is 15.9. The van der Waals surface area contributed by atoms with Gasteiger partial charge < -0.3 is 15.1 Å². The predicted molar refractivity (Wildman–Crippen MR) is 80.1 cm³/mol. The van der Waals surface area contributed by atoms with E-state index in [4.69, 9.17) is 11.6 Å². The van der Waals surface area contributed by atoms with Gasteiger partial charge >= 0.3 is 6.09 Å². The Morgan fingerprint density at radius 3 is 2.74 bits per heavy atom. The Morgan fingerprint density at radius 1 is 1.39 bits per heavy atom. The number of phenolic OH excluding ortho intramolecular Hbond substituents is 1. The number of nitrogens with zero attached hydrogens (tertiary/aromatic N) is 2. The maximum absolute atomic E-state index is 13.9. The topological polar surface area (TPSA) is 81.1 Å². The van der Waals surface area contributed by atoms with Gasteiger partial charge in [-0.3, -0.25) is 9.69 Å². The fraction of sp³-hybridized carbons (Fsp3) is 0.467. The van der Waals surface area contributed by atoms with E-state index in [9.17, 15) is 24.2 Å². The van der Waals surface area contributed by atoms with Crippen molar-refractivity contribution in [2.45, 2.75) is 25.3 Å². The molecule has 0 aliphatic carbocycles. The summed E-state index contributed by atoms with van der Waals surface area (Å²) in [7, 11) is 0. The Hall–Kier alpha value is -2.02. The molecule has 1 aromatic rings. The largest absolute Gasteiger partial charge is 0.505 e. The van der Waals surface area contributed by atoms with Crippen LogP contribution in [-0.2, 0) is 11.2 Å². The van der Waals surface area contributed by atoms with Crippen molar-refractivity contribution < 1.29 is 24.2 Å². The van der Waals surface area contributed by atoms with Crippen LogP contribution in [0, 0.1) is 5.82 Å². The van der Waals surface area contributed by atoms with Crippen LogP contribution in [-0.4, -0.2) is 51.6 Å². The minimum absolute atomic E-state index is 0.0653. The summed E-state index contributed by atoms with van der Waals surface area (Å²) in [5, 5.41) is 19.7. The highest BCUT2D eigenvalue weighted by atomic mass is 35.5. The van der Waals surface area contributed by atoms with E-state index in [-0.39, 0.29) is 29.6 Å². The second-order valence-electron chi connectivity index (χ2n) is 5.77. The molecular weight excluding hydrogens is 327 g/mol.